The summed E-state index contributed by atoms with van der Waals surface area (Å²) in [5, 5.41) is 0. The Kier molecular flexibility index (Phi) is 3.88. The van der Waals surface area contributed by atoms with Gasteiger partial charge in [0, 0.05) is 6.20 Å². The summed E-state index contributed by atoms with van der Waals surface area (Å²) in [5.41, 5.74) is 0.408. The molecule has 0 N–H and O–H groups in total. The van der Waals surface area contributed by atoms with Crippen LogP contribution in [0, 0.1) is 0 Å². The first-order chi connectivity index (χ1) is 6.70. The maximum absolute atomic E-state index is 11.3. The van der Waals surface area contributed by atoms with E-state index in [4.69, 9.17) is 4.74 Å². The van der Waals surface area contributed by atoms with E-state index in [0.29, 0.717) is 22.5 Å². The van der Waals surface area contributed by atoms with Crippen molar-refractivity contribution < 1.29 is 14.3 Å². The molecule has 0 radical (unpaired) electrons. The van der Waals surface area contributed by atoms with Gasteiger partial charge in [-0.2, -0.15) is 0 Å². The third kappa shape index (κ3) is 2.23. The second-order valence-electron chi connectivity index (χ2n) is 2.40. The standard InChI is InChI=1S/C9H10BrNO3/c1-3-14-8-7(10)6(4-5-11-8)9(12)13-2/h4-5H,3H2,1-2H3. The van der Waals surface area contributed by atoms with Gasteiger partial charge in [0.2, 0.25) is 5.88 Å². The molecule has 0 amide bonds. The van der Waals surface area contributed by atoms with Crippen LogP contribution in [0.5, 0.6) is 5.88 Å². The van der Waals surface area contributed by atoms with Gasteiger partial charge >= 0.3 is 5.97 Å². The van der Waals surface area contributed by atoms with Crippen LogP contribution in [0.15, 0.2) is 16.7 Å². The number of hydrogen-bond donors (Lipinski definition) is 0. The quantitative estimate of drug-likeness (QED) is 0.780. The van der Waals surface area contributed by atoms with Gasteiger partial charge < -0.3 is 9.47 Å². The van der Waals surface area contributed by atoms with Gasteiger partial charge in [0.05, 0.1) is 23.8 Å². The number of aromatic nitrogens is 1. The lowest BCUT2D eigenvalue weighted by Gasteiger charge is -2.07. The van der Waals surface area contributed by atoms with E-state index in [1.165, 1.54) is 13.3 Å². The van der Waals surface area contributed by atoms with Gasteiger partial charge in [-0.25, -0.2) is 9.78 Å². The van der Waals surface area contributed by atoms with Crippen molar-refractivity contribution in [1.82, 2.24) is 4.98 Å². The molecule has 0 unspecified atom stereocenters. The first-order valence-corrected chi connectivity index (χ1v) is 4.85. The molecular formula is C9H10BrNO3. The molecule has 0 aliphatic heterocycles. The van der Waals surface area contributed by atoms with Crippen LogP contribution in [-0.4, -0.2) is 24.7 Å². The van der Waals surface area contributed by atoms with Gasteiger partial charge in [0.25, 0.3) is 0 Å². The summed E-state index contributed by atoms with van der Waals surface area (Å²) in [4.78, 5) is 15.2. The number of rotatable bonds is 3. The topological polar surface area (TPSA) is 48.4 Å². The van der Waals surface area contributed by atoms with Gasteiger partial charge in [0.1, 0.15) is 0 Å². The van der Waals surface area contributed by atoms with Crippen LogP contribution < -0.4 is 4.74 Å². The summed E-state index contributed by atoms with van der Waals surface area (Å²) < 4.78 is 10.3. The summed E-state index contributed by atoms with van der Waals surface area (Å²) in [6.45, 7) is 2.34. The highest BCUT2D eigenvalue weighted by atomic mass is 79.9. The van der Waals surface area contributed by atoms with Gasteiger partial charge in [-0.15, -0.1) is 0 Å². The van der Waals surface area contributed by atoms with Gasteiger partial charge in [-0.05, 0) is 28.9 Å². The smallest absolute Gasteiger partial charge is 0.339 e. The van der Waals surface area contributed by atoms with E-state index in [1.807, 2.05) is 6.92 Å². The van der Waals surface area contributed by atoms with Crippen molar-refractivity contribution >= 4 is 21.9 Å². The summed E-state index contributed by atoms with van der Waals surface area (Å²) in [6, 6.07) is 1.57. The first kappa shape index (κ1) is 11.0. The Morgan fingerprint density at radius 3 is 2.93 bits per heavy atom. The molecule has 0 spiro atoms. The van der Waals surface area contributed by atoms with Crippen molar-refractivity contribution in [1.29, 1.82) is 0 Å². The van der Waals surface area contributed by atoms with Crippen molar-refractivity contribution in [2.45, 2.75) is 6.92 Å². The molecule has 76 valence electrons. The Bertz CT molecular complexity index is 341. The minimum atomic E-state index is -0.416. The maximum Gasteiger partial charge on any atom is 0.339 e. The zero-order valence-corrected chi connectivity index (χ0v) is 9.50. The fraction of sp³-hybridized carbons (Fsp3) is 0.333. The van der Waals surface area contributed by atoms with Gasteiger partial charge in [0.15, 0.2) is 0 Å². The molecule has 1 aromatic heterocycles. The molecule has 0 atom stereocenters. The second-order valence-corrected chi connectivity index (χ2v) is 3.20. The molecule has 1 rings (SSSR count). The number of nitrogens with zero attached hydrogens (tertiary/aromatic N) is 1. The number of hydrogen-bond acceptors (Lipinski definition) is 4. The zero-order chi connectivity index (χ0) is 10.6. The van der Waals surface area contributed by atoms with Gasteiger partial charge in [-0.1, -0.05) is 0 Å². The molecule has 1 aromatic rings. The van der Waals surface area contributed by atoms with Crippen LogP contribution in [-0.2, 0) is 4.74 Å². The lowest BCUT2D eigenvalue weighted by atomic mass is 10.3. The molecule has 0 bridgehead atoms. The van der Waals surface area contributed by atoms with E-state index in [0.717, 1.165) is 0 Å². The van der Waals surface area contributed by atoms with Crippen molar-refractivity contribution in [2.24, 2.45) is 0 Å². The predicted octanol–water partition coefficient (Wildman–Crippen LogP) is 2.03. The van der Waals surface area contributed by atoms with Crippen molar-refractivity contribution in [2.75, 3.05) is 13.7 Å². The Labute approximate surface area is 90.4 Å². The minimum Gasteiger partial charge on any atom is -0.477 e. The third-order valence-corrected chi connectivity index (χ3v) is 2.31. The van der Waals surface area contributed by atoms with Crippen molar-refractivity contribution in [3.05, 3.63) is 22.3 Å². The zero-order valence-electron chi connectivity index (χ0n) is 7.91. The SMILES string of the molecule is CCOc1nccc(C(=O)OC)c1Br. The van der Waals surface area contributed by atoms with E-state index in [2.05, 4.69) is 25.7 Å². The highest BCUT2D eigenvalue weighted by Gasteiger charge is 2.14. The number of carbonyl (C=O) groups is 1. The predicted molar refractivity (Wildman–Crippen MR) is 54.4 cm³/mol. The summed E-state index contributed by atoms with van der Waals surface area (Å²) >= 11 is 3.24. The summed E-state index contributed by atoms with van der Waals surface area (Å²) in [6.07, 6.45) is 1.50. The minimum absolute atomic E-state index is 0.399. The molecule has 1 heterocycles. The number of pyridine rings is 1. The van der Waals surface area contributed by atoms with E-state index < -0.39 is 5.97 Å². The number of halogens is 1. The highest BCUT2D eigenvalue weighted by molar-refractivity contribution is 9.10. The Morgan fingerprint density at radius 1 is 1.64 bits per heavy atom. The highest BCUT2D eigenvalue weighted by Crippen LogP contribution is 2.26. The molecular weight excluding hydrogens is 250 g/mol. The Morgan fingerprint density at radius 2 is 2.36 bits per heavy atom. The van der Waals surface area contributed by atoms with Crippen molar-refractivity contribution in [3.63, 3.8) is 0 Å². The van der Waals surface area contributed by atoms with Crippen LogP contribution in [0.25, 0.3) is 0 Å². The number of methoxy groups -OCH3 is 1. The second kappa shape index (κ2) is 4.95. The molecule has 0 fully saturated rings. The van der Waals surface area contributed by atoms with Crippen LogP contribution in [0.4, 0.5) is 0 Å². The molecule has 0 saturated carbocycles. The van der Waals surface area contributed by atoms with Crippen LogP contribution in [0.3, 0.4) is 0 Å². The van der Waals surface area contributed by atoms with Crippen LogP contribution in [0.1, 0.15) is 17.3 Å². The number of ether oxygens (including phenoxy) is 2. The Hall–Kier alpha value is -1.10. The lowest BCUT2D eigenvalue weighted by molar-refractivity contribution is 0.0599. The molecule has 0 saturated heterocycles. The lowest BCUT2D eigenvalue weighted by Crippen LogP contribution is -2.05. The average molecular weight is 260 g/mol. The first-order valence-electron chi connectivity index (χ1n) is 4.06. The third-order valence-electron chi connectivity index (χ3n) is 1.54. The molecule has 0 aliphatic rings. The number of esters is 1. The van der Waals surface area contributed by atoms with Crippen LogP contribution >= 0.6 is 15.9 Å². The number of carbonyl (C=O) groups excluding carboxylic acids is 1. The maximum atomic E-state index is 11.3. The Balaban J connectivity index is 3.07. The fourth-order valence-electron chi connectivity index (χ4n) is 0.929. The van der Waals surface area contributed by atoms with Gasteiger partial charge in [-0.3, -0.25) is 0 Å². The van der Waals surface area contributed by atoms with E-state index >= 15 is 0 Å². The summed E-state index contributed by atoms with van der Waals surface area (Å²) in [7, 11) is 1.33. The van der Waals surface area contributed by atoms with Crippen LogP contribution in [0.2, 0.25) is 0 Å². The summed E-state index contributed by atoms with van der Waals surface area (Å²) in [5.74, 6) is -0.0179. The largest absolute Gasteiger partial charge is 0.477 e. The molecule has 0 aliphatic carbocycles. The van der Waals surface area contributed by atoms with Crippen molar-refractivity contribution in [3.8, 4) is 5.88 Å². The fourth-order valence-corrected chi connectivity index (χ4v) is 1.44. The van der Waals surface area contributed by atoms with E-state index in [1.54, 1.807) is 6.07 Å². The molecule has 0 aromatic carbocycles. The monoisotopic (exact) mass is 259 g/mol. The average Bonchev–Trinajstić information content (AvgIpc) is 2.20. The molecule has 4 nitrogen and oxygen atoms in total. The van der Waals surface area contributed by atoms with E-state index in [-0.39, 0.29) is 0 Å². The molecule has 14 heavy (non-hydrogen) atoms. The molecule has 5 heteroatoms. The normalized spacial score (nSPS) is 9.64. The van der Waals surface area contributed by atoms with E-state index in [9.17, 15) is 4.79 Å².